The Labute approximate surface area is 147 Å². The summed E-state index contributed by atoms with van der Waals surface area (Å²) in [5.41, 5.74) is 1.84. The minimum absolute atomic E-state index is 0.122. The molecule has 22 heavy (non-hydrogen) atoms. The van der Waals surface area contributed by atoms with Gasteiger partial charge in [0.2, 0.25) is 0 Å². The molecule has 1 aliphatic rings. The molecule has 0 heterocycles. The third-order valence-electron chi connectivity index (χ3n) is 3.45. The van der Waals surface area contributed by atoms with Crippen molar-refractivity contribution in [2.24, 2.45) is 4.40 Å². The van der Waals surface area contributed by atoms with Gasteiger partial charge in [-0.3, -0.25) is 4.79 Å². The largest absolute Gasteiger partial charge is 0.294 e. The first-order chi connectivity index (χ1) is 10.1. The molecule has 0 radical (unpaired) electrons. The van der Waals surface area contributed by atoms with E-state index in [0.29, 0.717) is 11.3 Å². The highest BCUT2D eigenvalue weighted by molar-refractivity contribution is 9.13. The van der Waals surface area contributed by atoms with Crippen molar-refractivity contribution in [1.29, 1.82) is 0 Å². The van der Waals surface area contributed by atoms with Gasteiger partial charge in [-0.1, -0.05) is 49.6 Å². The van der Waals surface area contributed by atoms with E-state index >= 15 is 0 Å². The quantitative estimate of drug-likeness (QED) is 0.649. The molecule has 0 N–H and O–H groups in total. The molecule has 2 rings (SSSR count). The van der Waals surface area contributed by atoms with Gasteiger partial charge in [-0.05, 0) is 44.6 Å². The predicted octanol–water partition coefficient (Wildman–Crippen LogP) is 3.57. The number of alkyl halides is 2. The average Bonchev–Trinajstić information content (AvgIpc) is 2.42. The highest BCUT2D eigenvalue weighted by Gasteiger charge is 2.43. The van der Waals surface area contributed by atoms with Crippen LogP contribution >= 0.6 is 31.9 Å². The SMILES string of the molecule is CC1=CC(=O)C(Br)C(C)(Br)C1=NS(=O)(=O)c1ccc(C)cc1. The topological polar surface area (TPSA) is 63.6 Å². The summed E-state index contributed by atoms with van der Waals surface area (Å²) < 4.78 is 28.1. The lowest BCUT2D eigenvalue weighted by Gasteiger charge is -2.32. The number of hydrogen-bond donors (Lipinski definition) is 0. The van der Waals surface area contributed by atoms with Gasteiger partial charge in [-0.15, -0.1) is 0 Å². The molecule has 1 aromatic rings. The summed E-state index contributed by atoms with van der Waals surface area (Å²) in [6, 6.07) is 6.50. The van der Waals surface area contributed by atoms with Crippen molar-refractivity contribution in [3.05, 3.63) is 41.5 Å². The van der Waals surface area contributed by atoms with Crippen molar-refractivity contribution >= 4 is 53.4 Å². The van der Waals surface area contributed by atoms with E-state index in [-0.39, 0.29) is 10.7 Å². The lowest BCUT2D eigenvalue weighted by atomic mass is 9.88. The normalized spacial score (nSPS) is 27.9. The van der Waals surface area contributed by atoms with Gasteiger partial charge in [0.15, 0.2) is 5.78 Å². The molecule has 0 aliphatic heterocycles. The van der Waals surface area contributed by atoms with Crippen molar-refractivity contribution < 1.29 is 13.2 Å². The Kier molecular flexibility index (Phi) is 4.80. The summed E-state index contributed by atoms with van der Waals surface area (Å²) in [5.74, 6) is -0.122. The summed E-state index contributed by atoms with van der Waals surface area (Å²) in [7, 11) is -3.84. The zero-order chi connectivity index (χ0) is 16.7. The standard InChI is InChI=1S/C15H15Br2NO3S/c1-9-4-6-11(7-5-9)22(20,21)18-14-10(2)8-12(19)13(16)15(14,3)17/h4-8,13H,1-3H3. The smallest absolute Gasteiger partial charge is 0.282 e. The number of halogens is 2. The van der Waals surface area contributed by atoms with Gasteiger partial charge in [0.1, 0.15) is 0 Å². The molecule has 0 amide bonds. The lowest BCUT2D eigenvalue weighted by Crippen LogP contribution is -2.46. The van der Waals surface area contributed by atoms with Crippen molar-refractivity contribution in [3.8, 4) is 0 Å². The zero-order valence-electron chi connectivity index (χ0n) is 12.3. The predicted molar refractivity (Wildman–Crippen MR) is 94.6 cm³/mol. The molecule has 0 bridgehead atoms. The fourth-order valence-corrected chi connectivity index (χ4v) is 4.42. The van der Waals surface area contributed by atoms with Crippen LogP contribution in [0, 0.1) is 6.92 Å². The number of benzene rings is 1. The van der Waals surface area contributed by atoms with Gasteiger partial charge in [0.25, 0.3) is 10.0 Å². The second-order valence-corrected chi connectivity index (χ2v) is 9.56. The third kappa shape index (κ3) is 3.26. The molecule has 7 heteroatoms. The summed E-state index contributed by atoms with van der Waals surface area (Å²) in [5, 5.41) is 0. The first-order valence-corrected chi connectivity index (χ1v) is 9.68. The Hall–Kier alpha value is -0.790. The number of carbonyl (C=O) groups excluding carboxylic acids is 1. The van der Waals surface area contributed by atoms with Crippen molar-refractivity contribution in [2.45, 2.75) is 34.8 Å². The molecule has 0 aromatic heterocycles. The van der Waals surface area contributed by atoms with Crippen LogP contribution in [0.15, 0.2) is 45.2 Å². The number of sulfonamides is 1. The van der Waals surface area contributed by atoms with Crippen LogP contribution in [0.5, 0.6) is 0 Å². The molecule has 1 aromatic carbocycles. The van der Waals surface area contributed by atoms with E-state index in [2.05, 4.69) is 36.3 Å². The molecule has 2 unspecified atom stereocenters. The number of allylic oxidation sites excluding steroid dienone is 2. The van der Waals surface area contributed by atoms with Gasteiger partial charge >= 0.3 is 0 Å². The van der Waals surface area contributed by atoms with Crippen LogP contribution < -0.4 is 0 Å². The molecular weight excluding hydrogens is 434 g/mol. The van der Waals surface area contributed by atoms with Crippen LogP contribution in [0.3, 0.4) is 0 Å². The van der Waals surface area contributed by atoms with E-state index in [0.717, 1.165) is 5.56 Å². The molecule has 0 saturated carbocycles. The van der Waals surface area contributed by atoms with E-state index in [4.69, 9.17) is 0 Å². The summed E-state index contributed by atoms with van der Waals surface area (Å²) >= 11 is 6.74. The molecule has 1 aliphatic carbocycles. The molecule has 118 valence electrons. The Morgan fingerprint density at radius 2 is 1.73 bits per heavy atom. The van der Waals surface area contributed by atoms with E-state index in [1.54, 1.807) is 26.0 Å². The average molecular weight is 449 g/mol. The first kappa shape index (κ1) is 17.6. The molecule has 2 atom stereocenters. The maximum atomic E-state index is 12.5. The molecule has 0 fully saturated rings. The number of nitrogens with zero attached hydrogens (tertiary/aromatic N) is 1. The van der Waals surface area contributed by atoms with Crippen molar-refractivity contribution in [1.82, 2.24) is 0 Å². The Bertz CT molecular complexity index is 778. The Morgan fingerprint density at radius 1 is 1.18 bits per heavy atom. The number of ketones is 1. The molecule has 4 nitrogen and oxygen atoms in total. The molecule has 0 saturated heterocycles. The van der Waals surface area contributed by atoms with E-state index in [1.807, 2.05) is 6.92 Å². The summed E-state index contributed by atoms with van der Waals surface area (Å²) in [4.78, 5) is 11.4. The number of carbonyl (C=O) groups is 1. The van der Waals surface area contributed by atoms with Crippen LogP contribution in [-0.2, 0) is 14.8 Å². The molecule has 0 spiro atoms. The van der Waals surface area contributed by atoms with Crippen molar-refractivity contribution in [2.75, 3.05) is 0 Å². The van der Waals surface area contributed by atoms with Crippen LogP contribution in [0.2, 0.25) is 0 Å². The van der Waals surface area contributed by atoms with Gasteiger partial charge in [-0.25, -0.2) is 0 Å². The van der Waals surface area contributed by atoms with E-state index in [9.17, 15) is 13.2 Å². The van der Waals surface area contributed by atoms with E-state index in [1.165, 1.54) is 18.2 Å². The van der Waals surface area contributed by atoms with Gasteiger partial charge in [0, 0.05) is 0 Å². The molecular formula is C15H15Br2NO3S. The monoisotopic (exact) mass is 447 g/mol. The fourth-order valence-electron chi connectivity index (χ4n) is 2.17. The Morgan fingerprint density at radius 3 is 2.27 bits per heavy atom. The Balaban J connectivity index is 2.57. The van der Waals surface area contributed by atoms with E-state index < -0.39 is 19.2 Å². The van der Waals surface area contributed by atoms with Crippen molar-refractivity contribution in [3.63, 3.8) is 0 Å². The van der Waals surface area contributed by atoms with Crippen LogP contribution in [0.4, 0.5) is 0 Å². The highest BCUT2D eigenvalue weighted by Crippen LogP contribution is 2.37. The lowest BCUT2D eigenvalue weighted by molar-refractivity contribution is -0.114. The summed E-state index contributed by atoms with van der Waals surface area (Å²) in [6.45, 7) is 5.29. The minimum atomic E-state index is -3.84. The number of aryl methyl sites for hydroxylation is 1. The third-order valence-corrected chi connectivity index (χ3v) is 7.56. The van der Waals surface area contributed by atoms with Crippen LogP contribution in [0.1, 0.15) is 19.4 Å². The zero-order valence-corrected chi connectivity index (χ0v) is 16.3. The van der Waals surface area contributed by atoms with Crippen LogP contribution in [-0.4, -0.2) is 29.1 Å². The van der Waals surface area contributed by atoms with Gasteiger partial charge in [0.05, 0.1) is 19.8 Å². The van der Waals surface area contributed by atoms with Crippen LogP contribution in [0.25, 0.3) is 0 Å². The first-order valence-electron chi connectivity index (χ1n) is 6.53. The summed E-state index contributed by atoms with van der Waals surface area (Å²) in [6.07, 6.45) is 1.41. The number of hydrogen-bond acceptors (Lipinski definition) is 3. The fraction of sp³-hybridized carbons (Fsp3) is 0.333. The second-order valence-electron chi connectivity index (χ2n) is 5.40. The second kappa shape index (κ2) is 6.02. The maximum absolute atomic E-state index is 12.5. The van der Waals surface area contributed by atoms with Gasteiger partial charge < -0.3 is 0 Å². The minimum Gasteiger partial charge on any atom is -0.294 e. The highest BCUT2D eigenvalue weighted by atomic mass is 79.9. The number of rotatable bonds is 2. The maximum Gasteiger partial charge on any atom is 0.282 e. The van der Waals surface area contributed by atoms with Gasteiger partial charge in [-0.2, -0.15) is 12.8 Å².